The first kappa shape index (κ1) is 11.0. The van der Waals surface area contributed by atoms with E-state index in [1.165, 1.54) is 6.42 Å². The van der Waals surface area contributed by atoms with Crippen molar-refractivity contribution in [1.29, 1.82) is 0 Å². The summed E-state index contributed by atoms with van der Waals surface area (Å²) in [6.45, 7) is 0. The normalized spacial score (nSPS) is 21.6. The highest BCUT2D eigenvalue weighted by atomic mass is 16.1. The summed E-state index contributed by atoms with van der Waals surface area (Å²) >= 11 is 0. The van der Waals surface area contributed by atoms with E-state index in [0.717, 1.165) is 31.3 Å². The summed E-state index contributed by atoms with van der Waals surface area (Å²) < 4.78 is 0. The second kappa shape index (κ2) is 5.63. The molecule has 0 amide bonds. The highest BCUT2D eigenvalue weighted by Crippen LogP contribution is 2.19. The number of rotatable bonds is 2. The van der Waals surface area contributed by atoms with Gasteiger partial charge in [-0.25, -0.2) is 0 Å². The average molecular weight is 193 g/mol. The lowest BCUT2D eigenvalue weighted by molar-refractivity contribution is -0.115. The third-order valence-electron chi connectivity index (χ3n) is 2.39. The van der Waals surface area contributed by atoms with E-state index < -0.39 is 0 Å². The maximum Gasteiger partial charge on any atom is 0.158 e. The van der Waals surface area contributed by atoms with Gasteiger partial charge in [-0.05, 0) is 37.1 Å². The summed E-state index contributed by atoms with van der Waals surface area (Å²) in [6.07, 6.45) is 11.0. The van der Waals surface area contributed by atoms with Crippen molar-refractivity contribution < 1.29 is 4.79 Å². The van der Waals surface area contributed by atoms with Crippen LogP contribution in [0.2, 0.25) is 0 Å². The lowest BCUT2D eigenvalue weighted by Gasteiger charge is -2.02. The molecule has 2 nitrogen and oxygen atoms in total. The zero-order valence-corrected chi connectivity index (χ0v) is 9.12. The van der Waals surface area contributed by atoms with E-state index in [0.29, 0.717) is 5.78 Å². The van der Waals surface area contributed by atoms with E-state index in [4.69, 9.17) is 0 Å². The van der Waals surface area contributed by atoms with Crippen LogP contribution >= 0.6 is 0 Å². The molecule has 1 aliphatic carbocycles. The van der Waals surface area contributed by atoms with Crippen molar-refractivity contribution in [2.45, 2.75) is 32.1 Å². The van der Waals surface area contributed by atoms with Crippen molar-refractivity contribution in [3.8, 4) is 0 Å². The molecule has 1 fully saturated rings. The molecule has 0 aromatic rings. The minimum atomic E-state index is 0.339. The first-order valence-corrected chi connectivity index (χ1v) is 5.27. The van der Waals surface area contributed by atoms with Gasteiger partial charge in [-0.1, -0.05) is 12.5 Å². The standard InChI is InChI=1S/C12H19NO/c1-13(2)10-6-8-11-7-4-3-5-9-12(11)14/h6,8,10H,3-5,7,9H2,1-2H3/b10-6+,11-8-. The molecule has 0 aromatic carbocycles. The zero-order chi connectivity index (χ0) is 10.4. The zero-order valence-electron chi connectivity index (χ0n) is 9.12. The molecule has 0 unspecified atom stereocenters. The van der Waals surface area contributed by atoms with Crippen molar-refractivity contribution in [3.05, 3.63) is 23.9 Å². The van der Waals surface area contributed by atoms with Crippen molar-refractivity contribution in [3.63, 3.8) is 0 Å². The van der Waals surface area contributed by atoms with Crippen LogP contribution in [0.25, 0.3) is 0 Å². The predicted octanol–water partition coefficient (Wildman–Crippen LogP) is 2.52. The summed E-state index contributed by atoms with van der Waals surface area (Å²) in [5.41, 5.74) is 1.00. The highest BCUT2D eigenvalue weighted by molar-refractivity contribution is 5.95. The van der Waals surface area contributed by atoms with Gasteiger partial charge >= 0.3 is 0 Å². The first-order chi connectivity index (χ1) is 6.70. The second-order valence-electron chi connectivity index (χ2n) is 3.98. The lowest BCUT2D eigenvalue weighted by Crippen LogP contribution is -2.01. The molecule has 0 bridgehead atoms. The van der Waals surface area contributed by atoms with Gasteiger partial charge in [0, 0.05) is 20.5 Å². The number of carbonyl (C=O) groups excluding carboxylic acids is 1. The molecule has 1 rings (SSSR count). The third kappa shape index (κ3) is 3.77. The lowest BCUT2D eigenvalue weighted by atomic mass is 10.1. The van der Waals surface area contributed by atoms with Crippen LogP contribution in [-0.2, 0) is 4.79 Å². The van der Waals surface area contributed by atoms with Crippen molar-refractivity contribution in [2.24, 2.45) is 0 Å². The number of nitrogens with zero attached hydrogens (tertiary/aromatic N) is 1. The molecule has 0 atom stereocenters. The van der Waals surface area contributed by atoms with Gasteiger partial charge in [-0.15, -0.1) is 0 Å². The van der Waals surface area contributed by atoms with Crippen LogP contribution < -0.4 is 0 Å². The molecule has 14 heavy (non-hydrogen) atoms. The average Bonchev–Trinajstić information content (AvgIpc) is 2.31. The topological polar surface area (TPSA) is 20.3 Å². The van der Waals surface area contributed by atoms with Crippen LogP contribution in [0.1, 0.15) is 32.1 Å². The number of allylic oxidation sites excluding steroid dienone is 3. The number of carbonyl (C=O) groups is 1. The van der Waals surface area contributed by atoms with E-state index in [-0.39, 0.29) is 0 Å². The van der Waals surface area contributed by atoms with Crippen LogP contribution in [0.5, 0.6) is 0 Å². The fourth-order valence-corrected chi connectivity index (χ4v) is 1.59. The molecule has 0 saturated heterocycles. The van der Waals surface area contributed by atoms with Gasteiger partial charge in [0.1, 0.15) is 0 Å². The Labute approximate surface area is 86.3 Å². The molecule has 0 radical (unpaired) electrons. The van der Waals surface area contributed by atoms with Gasteiger partial charge in [-0.3, -0.25) is 4.79 Å². The van der Waals surface area contributed by atoms with Gasteiger partial charge < -0.3 is 4.90 Å². The van der Waals surface area contributed by atoms with Gasteiger partial charge in [0.05, 0.1) is 0 Å². The second-order valence-corrected chi connectivity index (χ2v) is 3.98. The van der Waals surface area contributed by atoms with Crippen molar-refractivity contribution in [1.82, 2.24) is 4.90 Å². The largest absolute Gasteiger partial charge is 0.383 e. The summed E-state index contributed by atoms with van der Waals surface area (Å²) in [4.78, 5) is 13.5. The first-order valence-electron chi connectivity index (χ1n) is 5.27. The minimum Gasteiger partial charge on any atom is -0.383 e. The van der Waals surface area contributed by atoms with E-state index >= 15 is 0 Å². The van der Waals surface area contributed by atoms with Crippen LogP contribution in [-0.4, -0.2) is 24.8 Å². The van der Waals surface area contributed by atoms with E-state index in [2.05, 4.69) is 0 Å². The van der Waals surface area contributed by atoms with Crippen molar-refractivity contribution >= 4 is 5.78 Å². The molecule has 0 aliphatic heterocycles. The number of ketones is 1. The molecule has 0 heterocycles. The highest BCUT2D eigenvalue weighted by Gasteiger charge is 2.11. The summed E-state index contributed by atoms with van der Waals surface area (Å²) in [5.74, 6) is 0.339. The monoisotopic (exact) mass is 193 g/mol. The molecule has 78 valence electrons. The molecular weight excluding hydrogens is 174 g/mol. The summed E-state index contributed by atoms with van der Waals surface area (Å²) in [7, 11) is 3.95. The van der Waals surface area contributed by atoms with Crippen LogP contribution in [0.15, 0.2) is 23.9 Å². The quantitative estimate of drug-likeness (QED) is 0.496. The Bertz CT molecular complexity index is 251. The molecule has 1 aliphatic rings. The van der Waals surface area contributed by atoms with E-state index in [1.54, 1.807) is 0 Å². The number of hydrogen-bond donors (Lipinski definition) is 0. The SMILES string of the molecule is CN(C)/C=C/C=C1/CCCCCC1=O. The van der Waals surface area contributed by atoms with Crippen LogP contribution in [0.4, 0.5) is 0 Å². The van der Waals surface area contributed by atoms with Crippen molar-refractivity contribution in [2.75, 3.05) is 14.1 Å². The van der Waals surface area contributed by atoms with Crippen LogP contribution in [0, 0.1) is 0 Å². The molecule has 2 heteroatoms. The summed E-state index contributed by atoms with van der Waals surface area (Å²) in [5, 5.41) is 0. The molecule has 0 N–H and O–H groups in total. The van der Waals surface area contributed by atoms with E-state index in [9.17, 15) is 4.79 Å². The predicted molar refractivity (Wildman–Crippen MR) is 59.0 cm³/mol. The van der Waals surface area contributed by atoms with Gasteiger partial charge in [-0.2, -0.15) is 0 Å². The Morgan fingerprint density at radius 2 is 1.86 bits per heavy atom. The number of Topliss-reactive ketones (excluding diaryl/α,β-unsaturated/α-hetero) is 1. The Hall–Kier alpha value is -1.05. The Morgan fingerprint density at radius 3 is 2.57 bits per heavy atom. The van der Waals surface area contributed by atoms with Gasteiger partial charge in [0.25, 0.3) is 0 Å². The minimum absolute atomic E-state index is 0.339. The third-order valence-corrected chi connectivity index (χ3v) is 2.39. The maximum atomic E-state index is 11.6. The smallest absolute Gasteiger partial charge is 0.158 e. The fraction of sp³-hybridized carbons (Fsp3) is 0.583. The van der Waals surface area contributed by atoms with Gasteiger partial charge in [0.15, 0.2) is 5.78 Å². The molecule has 0 spiro atoms. The summed E-state index contributed by atoms with van der Waals surface area (Å²) in [6, 6.07) is 0. The Kier molecular flexibility index (Phi) is 4.44. The molecular formula is C12H19NO. The molecule has 0 aromatic heterocycles. The number of hydrogen-bond acceptors (Lipinski definition) is 2. The van der Waals surface area contributed by atoms with Gasteiger partial charge in [0.2, 0.25) is 0 Å². The molecule has 1 saturated carbocycles. The Balaban J connectivity index is 2.59. The van der Waals surface area contributed by atoms with Crippen LogP contribution in [0.3, 0.4) is 0 Å². The Morgan fingerprint density at radius 1 is 1.14 bits per heavy atom. The van der Waals surface area contributed by atoms with E-state index in [1.807, 2.05) is 37.3 Å². The maximum absolute atomic E-state index is 11.6. The fourth-order valence-electron chi connectivity index (χ4n) is 1.59.